The Labute approximate surface area is 452 Å². The summed E-state index contributed by atoms with van der Waals surface area (Å²) in [5.74, 6) is 4.88. The van der Waals surface area contributed by atoms with E-state index in [1.54, 1.807) is 36.4 Å². The maximum atomic E-state index is 13.2. The Bertz CT molecular complexity index is 3030. The van der Waals surface area contributed by atoms with Crippen molar-refractivity contribution in [2.45, 2.75) is 45.4 Å². The van der Waals surface area contributed by atoms with Crippen LogP contribution in [0.15, 0.2) is 170 Å². The number of alkyl halides is 2. The molecule has 6 N–H and O–H groups in total. The Hall–Kier alpha value is -7.30. The highest BCUT2D eigenvalue weighted by molar-refractivity contribution is 14.1. The Morgan fingerprint density at radius 1 is 0.356 bits per heavy atom. The quantitative estimate of drug-likeness (QED) is 0.0366. The van der Waals surface area contributed by atoms with Crippen molar-refractivity contribution in [1.29, 1.82) is 0 Å². The normalized spacial score (nSPS) is 11.6. The third-order valence-corrected chi connectivity index (χ3v) is 13.9. The average Bonchev–Trinajstić information content (AvgIpc) is 3.38. The molecule has 8 aromatic carbocycles. The van der Waals surface area contributed by atoms with Crippen molar-refractivity contribution in [1.82, 2.24) is 0 Å². The molecular formula is C61H53I2N3O7. The second kappa shape index (κ2) is 24.4. The van der Waals surface area contributed by atoms with Crippen molar-refractivity contribution in [2.75, 3.05) is 26.1 Å². The number of rotatable bonds is 16. The summed E-state index contributed by atoms with van der Waals surface area (Å²) in [6.45, 7) is 2.04. The van der Waals surface area contributed by atoms with Gasteiger partial charge in [-0.1, -0.05) is 111 Å². The second-order valence-corrected chi connectivity index (χ2v) is 19.2. The highest BCUT2D eigenvalue weighted by Gasteiger charge is 2.28. The van der Waals surface area contributed by atoms with E-state index in [1.165, 1.54) is 5.56 Å². The lowest BCUT2D eigenvalue weighted by molar-refractivity contribution is 0.0978. The van der Waals surface area contributed by atoms with Gasteiger partial charge < -0.3 is 31.4 Å². The molecule has 73 heavy (non-hydrogen) atoms. The molecule has 0 unspecified atom stereocenters. The van der Waals surface area contributed by atoms with Crippen LogP contribution < -0.4 is 31.4 Å². The van der Waals surface area contributed by atoms with Crippen LogP contribution in [0.4, 0.5) is 17.1 Å². The van der Waals surface area contributed by atoms with E-state index in [0.29, 0.717) is 44.4 Å². The van der Waals surface area contributed by atoms with Crippen LogP contribution in [0.3, 0.4) is 0 Å². The van der Waals surface area contributed by atoms with Crippen LogP contribution in [-0.4, -0.2) is 32.0 Å². The van der Waals surface area contributed by atoms with E-state index in [2.05, 4.69) is 45.2 Å². The first kappa shape index (κ1) is 52.0. The zero-order valence-corrected chi connectivity index (χ0v) is 44.5. The van der Waals surface area contributed by atoms with E-state index in [4.69, 9.17) is 31.4 Å². The highest BCUT2D eigenvalue weighted by Crippen LogP contribution is 2.34. The molecule has 2 aliphatic carbocycles. The molecule has 0 heterocycles. The van der Waals surface area contributed by atoms with Gasteiger partial charge in [0.15, 0.2) is 23.1 Å². The number of Topliss-reactive ketones (excluding diaryl/α,β-unsaturated/α-hetero) is 4. The first-order valence-electron chi connectivity index (χ1n) is 23.7. The Morgan fingerprint density at radius 2 is 0.589 bits per heavy atom. The minimum Gasteiger partial charge on any atom is -0.457 e. The summed E-state index contributed by atoms with van der Waals surface area (Å²) in [6, 6.07) is 52.1. The molecular weight excluding hydrogens is 1140 g/mol. The number of anilines is 3. The Morgan fingerprint density at radius 3 is 0.836 bits per heavy atom. The number of aryl methyl sites for hydroxylation is 1. The number of hydrogen-bond donors (Lipinski definition) is 3. The van der Waals surface area contributed by atoms with Crippen LogP contribution in [0.1, 0.15) is 80.4 Å². The fourth-order valence-corrected chi connectivity index (χ4v) is 9.22. The maximum Gasteiger partial charge on any atom is 0.172 e. The maximum absolute atomic E-state index is 13.2. The molecule has 368 valence electrons. The standard InChI is InChI=1S/C37H31NO4.C12H10I2O2.C12H12N2O/c1-24-2-10-28(11-3-24)41-29-12-4-25(5-13-29)22-36(39)34-20-21-35(33-19-18-32(33)34)37(40)23-26-6-14-30(15-7-26)42-31-16-8-27(38)9-17-31;13-5-11(15)9-3-4-10(12(16)6-14)8-2-1-7(8)9;13-9-1-5-11(6-2-9)15-12-7-3-10(14)4-8-12/h2-17,20-21H,18-19,22-23,38H2,1H3;3-4H,1-2,5-6H2;1-8H,13-14H2. The number of nitrogens with two attached hydrogens (primary N) is 3. The fourth-order valence-electron chi connectivity index (χ4n) is 8.40. The summed E-state index contributed by atoms with van der Waals surface area (Å²) >= 11 is 4.16. The Balaban J connectivity index is 0.000000186. The molecule has 0 amide bonds. The van der Waals surface area contributed by atoms with Gasteiger partial charge in [-0.2, -0.15) is 0 Å². The lowest BCUT2D eigenvalue weighted by Crippen LogP contribution is -2.21. The van der Waals surface area contributed by atoms with Gasteiger partial charge in [-0.15, -0.1) is 0 Å². The van der Waals surface area contributed by atoms with Gasteiger partial charge in [0.25, 0.3) is 0 Å². The lowest BCUT2D eigenvalue weighted by atomic mass is 9.78. The van der Waals surface area contributed by atoms with Gasteiger partial charge in [0, 0.05) is 52.2 Å². The van der Waals surface area contributed by atoms with Gasteiger partial charge >= 0.3 is 0 Å². The predicted octanol–water partition coefficient (Wildman–Crippen LogP) is 13.8. The number of halogens is 2. The van der Waals surface area contributed by atoms with E-state index in [0.717, 1.165) is 110 Å². The fraction of sp³-hybridized carbons (Fsp3) is 0.148. The summed E-state index contributed by atoms with van der Waals surface area (Å²) in [5, 5.41) is 0. The lowest BCUT2D eigenvalue weighted by Gasteiger charge is -2.25. The van der Waals surface area contributed by atoms with Crippen LogP contribution >= 0.6 is 45.2 Å². The van der Waals surface area contributed by atoms with Crippen LogP contribution in [0.5, 0.6) is 34.5 Å². The van der Waals surface area contributed by atoms with Crippen molar-refractivity contribution in [3.05, 3.63) is 231 Å². The third-order valence-electron chi connectivity index (χ3n) is 12.5. The molecule has 0 aromatic heterocycles. The smallest absolute Gasteiger partial charge is 0.172 e. The molecule has 0 bridgehead atoms. The summed E-state index contributed by atoms with van der Waals surface area (Å²) in [5.41, 5.74) is 29.3. The van der Waals surface area contributed by atoms with E-state index < -0.39 is 0 Å². The molecule has 0 fully saturated rings. The number of fused-ring (bicyclic) bond motifs is 2. The van der Waals surface area contributed by atoms with Crippen LogP contribution in [0, 0.1) is 6.92 Å². The summed E-state index contributed by atoms with van der Waals surface area (Å²) < 4.78 is 18.3. The second-order valence-electron chi connectivity index (χ2n) is 17.7. The van der Waals surface area contributed by atoms with E-state index in [-0.39, 0.29) is 23.1 Å². The number of carbonyl (C=O) groups excluding carboxylic acids is 4. The molecule has 0 saturated carbocycles. The zero-order valence-electron chi connectivity index (χ0n) is 40.2. The van der Waals surface area contributed by atoms with Gasteiger partial charge in [-0.05, 0) is 175 Å². The minimum absolute atomic E-state index is 0.0568. The average molecular weight is 1190 g/mol. The third kappa shape index (κ3) is 13.6. The molecule has 10 rings (SSSR count). The van der Waals surface area contributed by atoms with Gasteiger partial charge in [-0.3, -0.25) is 19.2 Å². The summed E-state index contributed by atoms with van der Waals surface area (Å²) in [4.78, 5) is 49.8. The molecule has 0 radical (unpaired) electrons. The molecule has 2 aliphatic rings. The van der Waals surface area contributed by atoms with Crippen molar-refractivity contribution in [2.24, 2.45) is 0 Å². The SMILES string of the molecule is Cc1ccc(Oc2ccc(CC(=O)c3ccc(C(=O)Cc4ccc(Oc5ccc(N)cc5)cc4)c4c3CC4)cc2)cc1.Nc1ccc(Oc2ccc(N)cc2)cc1.O=C(CI)c1ccc(C(=O)CI)c2c1CC2. The molecule has 10 nitrogen and oxygen atoms in total. The van der Waals surface area contributed by atoms with E-state index in [9.17, 15) is 19.2 Å². The van der Waals surface area contributed by atoms with Gasteiger partial charge in [0.1, 0.15) is 34.5 Å². The minimum atomic E-state index is 0.0568. The Kier molecular flexibility index (Phi) is 17.4. The molecule has 12 heteroatoms. The van der Waals surface area contributed by atoms with Crippen molar-refractivity contribution >= 4 is 85.4 Å². The monoisotopic (exact) mass is 1190 g/mol. The topological polar surface area (TPSA) is 174 Å². The molecule has 0 saturated heterocycles. The van der Waals surface area contributed by atoms with Gasteiger partial charge in [0.05, 0.1) is 8.86 Å². The first-order chi connectivity index (χ1) is 35.3. The highest BCUT2D eigenvalue weighted by atomic mass is 127. The van der Waals surface area contributed by atoms with Crippen LogP contribution in [-0.2, 0) is 38.5 Å². The number of ether oxygens (including phenoxy) is 3. The number of benzene rings is 8. The molecule has 0 aliphatic heterocycles. The molecule has 8 aromatic rings. The molecule has 0 spiro atoms. The van der Waals surface area contributed by atoms with Crippen LogP contribution in [0.25, 0.3) is 0 Å². The number of ketones is 4. The van der Waals surface area contributed by atoms with E-state index >= 15 is 0 Å². The van der Waals surface area contributed by atoms with Gasteiger partial charge in [0.2, 0.25) is 0 Å². The number of carbonyl (C=O) groups is 4. The summed E-state index contributed by atoms with van der Waals surface area (Å²) in [6.07, 6.45) is 4.11. The van der Waals surface area contributed by atoms with Crippen molar-refractivity contribution in [3.8, 4) is 34.5 Å². The van der Waals surface area contributed by atoms with Crippen LogP contribution in [0.2, 0.25) is 0 Å². The predicted molar refractivity (Wildman–Crippen MR) is 307 cm³/mol. The number of nitrogen functional groups attached to an aromatic ring is 3. The summed E-state index contributed by atoms with van der Waals surface area (Å²) in [7, 11) is 0. The first-order valence-corrected chi connectivity index (χ1v) is 26.8. The van der Waals surface area contributed by atoms with Crippen molar-refractivity contribution in [3.63, 3.8) is 0 Å². The van der Waals surface area contributed by atoms with E-state index in [1.807, 2.05) is 140 Å². The number of hydrogen-bond acceptors (Lipinski definition) is 10. The molecule has 0 atom stereocenters. The van der Waals surface area contributed by atoms with Crippen molar-refractivity contribution < 1.29 is 33.4 Å². The largest absolute Gasteiger partial charge is 0.457 e. The van der Waals surface area contributed by atoms with Gasteiger partial charge in [-0.25, -0.2) is 0 Å². The zero-order chi connectivity index (χ0) is 51.4.